The minimum absolute atomic E-state index is 0.0824. The Morgan fingerprint density at radius 3 is 0.831 bits per heavy atom. The molecule has 9 nitrogen and oxygen atoms in total. The largest absolute Gasteiger partial charge is 0.457 e. The lowest BCUT2D eigenvalue weighted by Gasteiger charge is -2.09. The molecule has 0 aliphatic carbocycles. The van der Waals surface area contributed by atoms with Crippen molar-refractivity contribution in [3.05, 3.63) is 205 Å². The van der Waals surface area contributed by atoms with Gasteiger partial charge in [0.25, 0.3) is 0 Å². The van der Waals surface area contributed by atoms with Crippen LogP contribution in [0.5, 0.6) is 46.0 Å². The van der Waals surface area contributed by atoms with Gasteiger partial charge in [0.1, 0.15) is 46.0 Å². The molecule has 8 N–H and O–H groups in total. The maximum atomic E-state index is 12.8. The normalized spacial score (nSPS) is 10.4. The van der Waals surface area contributed by atoms with Crippen LogP contribution in [0.2, 0.25) is 0 Å². The lowest BCUT2D eigenvalue weighted by atomic mass is 10.0. The van der Waals surface area contributed by atoms with E-state index in [0.717, 1.165) is 32.8 Å². The van der Waals surface area contributed by atoms with Gasteiger partial charge in [0.05, 0.1) is 0 Å². The van der Waals surface area contributed by atoms with Crippen molar-refractivity contribution in [1.82, 2.24) is 0 Å². The highest BCUT2D eigenvalue weighted by atomic mass is 32.2. The van der Waals surface area contributed by atoms with E-state index in [9.17, 15) is 4.79 Å². The first kappa shape index (κ1) is 39.4. The maximum Gasteiger partial charge on any atom is 0.193 e. The summed E-state index contributed by atoms with van der Waals surface area (Å²) in [6.45, 7) is 0. The Morgan fingerprint density at radius 1 is 0.322 bits per heavy atom. The average Bonchev–Trinajstić information content (AvgIpc) is 3.23. The van der Waals surface area contributed by atoms with Crippen LogP contribution in [0.3, 0.4) is 0 Å². The summed E-state index contributed by atoms with van der Waals surface area (Å²) >= 11 is 1.67. The summed E-state index contributed by atoms with van der Waals surface area (Å²) in [4.78, 5) is 15.0. The fourth-order valence-electron chi connectivity index (χ4n) is 5.66. The van der Waals surface area contributed by atoms with E-state index in [1.54, 1.807) is 96.7 Å². The molecule has 0 saturated heterocycles. The molecule has 0 heterocycles. The van der Waals surface area contributed by atoms with E-state index in [-0.39, 0.29) is 5.78 Å². The van der Waals surface area contributed by atoms with Gasteiger partial charge in [0.15, 0.2) is 5.78 Å². The predicted octanol–water partition coefficient (Wildman–Crippen LogP) is 12.3. The summed E-state index contributed by atoms with van der Waals surface area (Å²) in [5.74, 6) is 5.45. The zero-order valence-corrected chi connectivity index (χ0v) is 32.6. The molecule has 0 aliphatic rings. The molecular weight excluding hydrogens is 757 g/mol. The summed E-state index contributed by atoms with van der Waals surface area (Å²) in [7, 11) is 0. The number of rotatable bonds is 12. The number of hydrogen-bond donors (Lipinski definition) is 4. The first-order valence-electron chi connectivity index (χ1n) is 18.5. The molecule has 8 rings (SSSR count). The van der Waals surface area contributed by atoms with E-state index in [1.807, 2.05) is 109 Å². The average molecular weight is 797 g/mol. The Morgan fingerprint density at radius 2 is 0.576 bits per heavy atom. The molecule has 292 valence electrons. The molecule has 0 saturated carbocycles. The van der Waals surface area contributed by atoms with Crippen molar-refractivity contribution in [1.29, 1.82) is 0 Å². The highest BCUT2D eigenvalue weighted by Gasteiger charge is 2.11. The lowest BCUT2D eigenvalue weighted by molar-refractivity contribution is 0.103. The minimum atomic E-state index is -0.0824. The molecule has 0 atom stereocenters. The molecule has 8 aromatic carbocycles. The van der Waals surface area contributed by atoms with E-state index in [1.165, 1.54) is 0 Å². The third-order valence-corrected chi connectivity index (χ3v) is 9.51. The number of carbonyl (C=O) groups excluding carboxylic acids is 1. The van der Waals surface area contributed by atoms with Gasteiger partial charge in [-0.25, -0.2) is 0 Å². The van der Waals surface area contributed by atoms with Crippen LogP contribution in [0, 0.1) is 0 Å². The second-order valence-corrected chi connectivity index (χ2v) is 14.3. The van der Waals surface area contributed by atoms with E-state index in [4.69, 9.17) is 41.9 Å². The Bertz CT molecular complexity index is 2450. The Balaban J connectivity index is 0.000000179. The molecule has 0 spiro atoms. The molecule has 10 heteroatoms. The third kappa shape index (κ3) is 11.6. The number of nitrogens with two attached hydrogens (primary N) is 4. The maximum absolute atomic E-state index is 12.8. The SMILES string of the molecule is Nc1cccc(Oc2ccc(C(=O)c3ccc(Oc4cccc(N)c4)cc3)cc2)c1.Nc1cccc(Oc2ccc(Sc3ccc(Oc4cccc(N)c4)cc3)cc2)c1. The van der Waals surface area contributed by atoms with Crippen LogP contribution in [0.4, 0.5) is 22.7 Å². The van der Waals surface area contributed by atoms with Crippen molar-refractivity contribution in [3.8, 4) is 46.0 Å². The Hall–Kier alpha value is -7.82. The van der Waals surface area contributed by atoms with Crippen molar-refractivity contribution < 1.29 is 23.7 Å². The summed E-state index contributed by atoms with van der Waals surface area (Å²) in [6, 6.07) is 59.0. The fraction of sp³-hybridized carbons (Fsp3) is 0. The monoisotopic (exact) mass is 796 g/mol. The van der Waals surface area contributed by atoms with Gasteiger partial charge >= 0.3 is 0 Å². The van der Waals surface area contributed by atoms with Crippen molar-refractivity contribution in [2.75, 3.05) is 22.9 Å². The number of ketones is 1. The van der Waals surface area contributed by atoms with Crippen molar-refractivity contribution in [2.45, 2.75) is 9.79 Å². The Labute approximate surface area is 346 Å². The number of carbonyl (C=O) groups is 1. The first-order valence-corrected chi connectivity index (χ1v) is 19.3. The van der Waals surface area contributed by atoms with Gasteiger partial charge in [-0.15, -0.1) is 0 Å². The van der Waals surface area contributed by atoms with Crippen molar-refractivity contribution >= 4 is 40.3 Å². The van der Waals surface area contributed by atoms with Crippen LogP contribution in [-0.2, 0) is 0 Å². The quantitative estimate of drug-likeness (QED) is 0.0692. The first-order chi connectivity index (χ1) is 28.7. The summed E-state index contributed by atoms with van der Waals surface area (Å²) in [6.07, 6.45) is 0. The minimum Gasteiger partial charge on any atom is -0.457 e. The fourth-order valence-corrected chi connectivity index (χ4v) is 6.48. The highest BCUT2D eigenvalue weighted by molar-refractivity contribution is 7.99. The molecule has 0 radical (unpaired) electrons. The van der Waals surface area contributed by atoms with E-state index in [0.29, 0.717) is 56.9 Å². The van der Waals surface area contributed by atoms with E-state index in [2.05, 4.69) is 0 Å². The van der Waals surface area contributed by atoms with Crippen LogP contribution in [-0.4, -0.2) is 5.78 Å². The third-order valence-electron chi connectivity index (χ3n) is 8.49. The van der Waals surface area contributed by atoms with Crippen LogP contribution in [0.15, 0.2) is 204 Å². The van der Waals surface area contributed by atoms with E-state index < -0.39 is 0 Å². The molecule has 0 aromatic heterocycles. The smallest absolute Gasteiger partial charge is 0.193 e. The van der Waals surface area contributed by atoms with Crippen LogP contribution in [0.1, 0.15) is 15.9 Å². The summed E-state index contributed by atoms with van der Waals surface area (Å²) in [5.41, 5.74) is 26.8. The summed E-state index contributed by atoms with van der Waals surface area (Å²) < 4.78 is 23.2. The molecule has 0 aliphatic heterocycles. The second kappa shape index (κ2) is 18.9. The van der Waals surface area contributed by atoms with Crippen molar-refractivity contribution in [3.63, 3.8) is 0 Å². The van der Waals surface area contributed by atoms with Gasteiger partial charge in [0, 0.05) is 67.9 Å². The molecular formula is C49H40N4O5S. The number of ether oxygens (including phenoxy) is 4. The second-order valence-electron chi connectivity index (χ2n) is 13.1. The summed E-state index contributed by atoms with van der Waals surface area (Å²) in [5, 5.41) is 0. The predicted molar refractivity (Wildman–Crippen MR) is 237 cm³/mol. The molecule has 0 fully saturated rings. The zero-order valence-electron chi connectivity index (χ0n) is 31.7. The van der Waals surface area contributed by atoms with Crippen molar-refractivity contribution in [2.24, 2.45) is 0 Å². The molecule has 8 aromatic rings. The number of benzene rings is 8. The van der Waals surface area contributed by atoms with Gasteiger partial charge in [0.2, 0.25) is 0 Å². The lowest BCUT2D eigenvalue weighted by Crippen LogP contribution is -2.01. The van der Waals surface area contributed by atoms with Gasteiger partial charge in [-0.05, 0) is 146 Å². The molecule has 0 amide bonds. The van der Waals surface area contributed by atoms with Gasteiger partial charge < -0.3 is 41.9 Å². The standard InChI is InChI=1S/C25H20N2O3.C24H20N2O2S/c26-19-3-1-5-23(15-19)29-21-11-7-17(8-12-21)25(28)18-9-13-22(14-10-18)30-24-6-2-4-20(27)16-24;25-17-3-1-5-21(15-17)27-19-7-11-23(12-8-19)29-24-13-9-20(10-14-24)28-22-6-2-4-18(26)16-22/h1-16H,26-27H2;1-16H,25-26H2. The zero-order chi connectivity index (χ0) is 41.0. The molecule has 0 bridgehead atoms. The van der Waals surface area contributed by atoms with Gasteiger partial charge in [-0.1, -0.05) is 36.0 Å². The van der Waals surface area contributed by atoms with E-state index >= 15 is 0 Å². The molecule has 59 heavy (non-hydrogen) atoms. The van der Waals surface area contributed by atoms with Gasteiger partial charge in [-0.2, -0.15) is 0 Å². The highest BCUT2D eigenvalue weighted by Crippen LogP contribution is 2.33. The van der Waals surface area contributed by atoms with Crippen LogP contribution in [0.25, 0.3) is 0 Å². The Kier molecular flexibility index (Phi) is 12.6. The number of nitrogen functional groups attached to an aromatic ring is 4. The van der Waals surface area contributed by atoms with Crippen LogP contribution >= 0.6 is 11.8 Å². The van der Waals surface area contributed by atoms with Crippen LogP contribution < -0.4 is 41.9 Å². The topological polar surface area (TPSA) is 158 Å². The number of hydrogen-bond acceptors (Lipinski definition) is 10. The molecule has 0 unspecified atom stereocenters. The van der Waals surface area contributed by atoms with Gasteiger partial charge in [-0.3, -0.25) is 4.79 Å². The number of anilines is 4.